The Morgan fingerprint density at radius 2 is 2.29 bits per heavy atom. The summed E-state index contributed by atoms with van der Waals surface area (Å²) in [7, 11) is 1.70. The lowest BCUT2D eigenvalue weighted by molar-refractivity contribution is 0.407. The third-order valence-electron chi connectivity index (χ3n) is 2.19. The molecular formula is C12H15BrO. The van der Waals surface area contributed by atoms with Gasteiger partial charge < -0.3 is 4.74 Å². The highest BCUT2D eigenvalue weighted by Crippen LogP contribution is 2.25. The molecule has 0 heterocycles. The number of allylic oxidation sites excluding steroid dienone is 1. The van der Waals surface area contributed by atoms with Crippen molar-refractivity contribution in [2.24, 2.45) is 5.92 Å². The van der Waals surface area contributed by atoms with E-state index in [1.807, 2.05) is 18.2 Å². The first-order valence-corrected chi connectivity index (χ1v) is 5.41. The Bertz CT molecular complexity index is 320. The maximum atomic E-state index is 5.29. The van der Waals surface area contributed by atoms with Gasteiger partial charge in [-0.15, -0.1) is 6.58 Å². The number of hydrogen-bond acceptors (Lipinski definition) is 1. The van der Waals surface area contributed by atoms with Gasteiger partial charge in [0.2, 0.25) is 0 Å². The molecule has 0 aromatic heterocycles. The number of ether oxygens (including phenoxy) is 1. The SMILES string of the molecule is C=CC(C)Cc1cc(Br)ccc1OC. The third-order valence-corrected chi connectivity index (χ3v) is 2.68. The molecule has 0 radical (unpaired) electrons. The van der Waals surface area contributed by atoms with Crippen LogP contribution in [0.1, 0.15) is 12.5 Å². The summed E-state index contributed by atoms with van der Waals surface area (Å²) in [6, 6.07) is 6.06. The van der Waals surface area contributed by atoms with Crippen LogP contribution in [0.2, 0.25) is 0 Å². The van der Waals surface area contributed by atoms with Gasteiger partial charge in [0.05, 0.1) is 7.11 Å². The van der Waals surface area contributed by atoms with Crippen LogP contribution in [0.5, 0.6) is 5.75 Å². The van der Waals surface area contributed by atoms with E-state index in [1.165, 1.54) is 5.56 Å². The van der Waals surface area contributed by atoms with Gasteiger partial charge in [0.15, 0.2) is 0 Å². The molecule has 0 aliphatic carbocycles. The minimum absolute atomic E-state index is 0.471. The van der Waals surface area contributed by atoms with Crippen LogP contribution in [0.3, 0.4) is 0 Å². The Morgan fingerprint density at radius 1 is 1.57 bits per heavy atom. The highest BCUT2D eigenvalue weighted by Gasteiger charge is 2.06. The zero-order valence-corrected chi connectivity index (χ0v) is 10.2. The molecule has 0 saturated carbocycles. The fourth-order valence-corrected chi connectivity index (χ4v) is 1.75. The van der Waals surface area contributed by atoms with Gasteiger partial charge in [-0.1, -0.05) is 28.9 Å². The summed E-state index contributed by atoms with van der Waals surface area (Å²) in [4.78, 5) is 0. The van der Waals surface area contributed by atoms with E-state index in [4.69, 9.17) is 4.74 Å². The first-order valence-electron chi connectivity index (χ1n) is 4.62. The van der Waals surface area contributed by atoms with Crippen LogP contribution in [0.25, 0.3) is 0 Å². The molecule has 1 unspecified atom stereocenters. The number of benzene rings is 1. The van der Waals surface area contributed by atoms with Crippen molar-refractivity contribution in [2.75, 3.05) is 7.11 Å². The predicted molar refractivity (Wildman–Crippen MR) is 63.8 cm³/mol. The molecular weight excluding hydrogens is 240 g/mol. The van der Waals surface area contributed by atoms with Crippen LogP contribution in [-0.4, -0.2) is 7.11 Å². The molecule has 1 aromatic rings. The molecule has 0 N–H and O–H groups in total. The lowest BCUT2D eigenvalue weighted by Crippen LogP contribution is -1.98. The van der Waals surface area contributed by atoms with Crippen LogP contribution >= 0.6 is 15.9 Å². The molecule has 0 amide bonds. The van der Waals surface area contributed by atoms with Gasteiger partial charge in [-0.2, -0.15) is 0 Å². The summed E-state index contributed by atoms with van der Waals surface area (Å²) in [6.45, 7) is 5.93. The smallest absolute Gasteiger partial charge is 0.122 e. The Labute approximate surface area is 93.9 Å². The summed E-state index contributed by atoms with van der Waals surface area (Å²) in [5, 5.41) is 0. The summed E-state index contributed by atoms with van der Waals surface area (Å²) in [5.41, 5.74) is 1.22. The first-order chi connectivity index (χ1) is 6.67. The van der Waals surface area contributed by atoms with Gasteiger partial charge in [0, 0.05) is 4.47 Å². The molecule has 1 nitrogen and oxygen atoms in total. The molecule has 2 heteroatoms. The molecule has 14 heavy (non-hydrogen) atoms. The Kier molecular flexibility index (Phi) is 4.21. The maximum absolute atomic E-state index is 5.29. The molecule has 1 rings (SSSR count). The van der Waals surface area contributed by atoms with E-state index in [0.29, 0.717) is 5.92 Å². The molecule has 76 valence electrons. The molecule has 1 atom stereocenters. The lowest BCUT2D eigenvalue weighted by Gasteiger charge is -2.11. The molecule has 0 bridgehead atoms. The number of rotatable bonds is 4. The number of halogens is 1. The van der Waals surface area contributed by atoms with E-state index in [-0.39, 0.29) is 0 Å². The highest BCUT2D eigenvalue weighted by molar-refractivity contribution is 9.10. The minimum Gasteiger partial charge on any atom is -0.496 e. The summed E-state index contributed by atoms with van der Waals surface area (Å²) in [6.07, 6.45) is 2.92. The summed E-state index contributed by atoms with van der Waals surface area (Å²) >= 11 is 3.46. The maximum Gasteiger partial charge on any atom is 0.122 e. The first kappa shape index (κ1) is 11.3. The van der Waals surface area contributed by atoms with Gasteiger partial charge in [0.1, 0.15) is 5.75 Å². The Hall–Kier alpha value is -0.760. The predicted octanol–water partition coefficient (Wildman–Crippen LogP) is 3.82. The number of hydrogen-bond donors (Lipinski definition) is 0. The van der Waals surface area contributed by atoms with Crippen molar-refractivity contribution in [3.63, 3.8) is 0 Å². The van der Waals surface area contributed by atoms with Crippen LogP contribution in [0, 0.1) is 5.92 Å². The second kappa shape index (κ2) is 5.20. The largest absolute Gasteiger partial charge is 0.496 e. The zero-order chi connectivity index (χ0) is 10.6. The van der Waals surface area contributed by atoms with E-state index in [0.717, 1.165) is 16.6 Å². The third kappa shape index (κ3) is 2.88. The van der Waals surface area contributed by atoms with Crippen LogP contribution < -0.4 is 4.74 Å². The van der Waals surface area contributed by atoms with E-state index in [2.05, 4.69) is 35.5 Å². The second-order valence-electron chi connectivity index (χ2n) is 3.37. The van der Waals surface area contributed by atoms with Crippen molar-refractivity contribution in [1.82, 2.24) is 0 Å². The van der Waals surface area contributed by atoms with E-state index in [1.54, 1.807) is 7.11 Å². The van der Waals surface area contributed by atoms with Gasteiger partial charge in [0.25, 0.3) is 0 Å². The van der Waals surface area contributed by atoms with Crippen molar-refractivity contribution in [3.05, 3.63) is 40.9 Å². The highest BCUT2D eigenvalue weighted by atomic mass is 79.9. The summed E-state index contributed by atoms with van der Waals surface area (Å²) in [5.74, 6) is 1.42. The van der Waals surface area contributed by atoms with Crippen molar-refractivity contribution in [2.45, 2.75) is 13.3 Å². The number of methoxy groups -OCH3 is 1. The standard InChI is InChI=1S/C12H15BrO/c1-4-9(2)7-10-8-11(13)5-6-12(10)14-3/h4-6,8-9H,1,7H2,2-3H3. The van der Waals surface area contributed by atoms with Crippen molar-refractivity contribution >= 4 is 15.9 Å². The monoisotopic (exact) mass is 254 g/mol. The average molecular weight is 255 g/mol. The fourth-order valence-electron chi connectivity index (χ4n) is 1.34. The van der Waals surface area contributed by atoms with Crippen LogP contribution in [0.4, 0.5) is 0 Å². The van der Waals surface area contributed by atoms with Crippen LogP contribution in [0.15, 0.2) is 35.3 Å². The minimum atomic E-state index is 0.471. The molecule has 0 fully saturated rings. The Morgan fingerprint density at radius 3 is 2.86 bits per heavy atom. The van der Waals surface area contributed by atoms with Gasteiger partial charge in [-0.05, 0) is 36.1 Å². The molecule has 0 aliphatic heterocycles. The van der Waals surface area contributed by atoms with E-state index < -0.39 is 0 Å². The molecule has 0 spiro atoms. The van der Waals surface area contributed by atoms with Crippen molar-refractivity contribution in [3.8, 4) is 5.75 Å². The second-order valence-corrected chi connectivity index (χ2v) is 4.29. The molecule has 0 aliphatic rings. The average Bonchev–Trinajstić information content (AvgIpc) is 2.18. The van der Waals surface area contributed by atoms with E-state index in [9.17, 15) is 0 Å². The van der Waals surface area contributed by atoms with Crippen molar-refractivity contribution < 1.29 is 4.74 Å². The summed E-state index contributed by atoms with van der Waals surface area (Å²) < 4.78 is 6.38. The van der Waals surface area contributed by atoms with Gasteiger partial charge >= 0.3 is 0 Å². The van der Waals surface area contributed by atoms with E-state index >= 15 is 0 Å². The quantitative estimate of drug-likeness (QED) is 0.743. The molecule has 0 saturated heterocycles. The Balaban J connectivity index is 2.92. The molecule has 1 aromatic carbocycles. The van der Waals surface area contributed by atoms with Crippen LogP contribution in [-0.2, 0) is 6.42 Å². The topological polar surface area (TPSA) is 9.23 Å². The fraction of sp³-hybridized carbons (Fsp3) is 0.333. The lowest BCUT2D eigenvalue weighted by atomic mass is 10.0. The zero-order valence-electron chi connectivity index (χ0n) is 8.59. The van der Waals surface area contributed by atoms with Crippen molar-refractivity contribution in [1.29, 1.82) is 0 Å². The van der Waals surface area contributed by atoms with Gasteiger partial charge in [-0.25, -0.2) is 0 Å². The van der Waals surface area contributed by atoms with Gasteiger partial charge in [-0.3, -0.25) is 0 Å². The normalized spacial score (nSPS) is 12.2.